The topological polar surface area (TPSA) is 49.2 Å². The molecule has 1 aliphatic heterocycles. The summed E-state index contributed by atoms with van der Waals surface area (Å²) in [5.74, 6) is 0. The number of halogens is 1. The number of hydrogen-bond donors (Lipinski definition) is 0. The second kappa shape index (κ2) is 5.26. The predicted molar refractivity (Wildman–Crippen MR) is 59.9 cm³/mol. The van der Waals surface area contributed by atoms with E-state index in [0.29, 0.717) is 24.8 Å². The number of morpholine rings is 1. The molecule has 2 heterocycles. The molecule has 0 N–H and O–H groups in total. The van der Waals surface area contributed by atoms with Crippen LogP contribution in [0.25, 0.3) is 0 Å². The molecule has 2 rings (SSSR count). The Hall–Kier alpha value is -1.15. The van der Waals surface area contributed by atoms with Crippen LogP contribution in [0.4, 0.5) is 0 Å². The zero-order valence-corrected chi connectivity index (χ0v) is 9.52. The zero-order valence-electron chi connectivity index (χ0n) is 8.77. The molecule has 0 bridgehead atoms. The monoisotopic (exact) mass is 237 g/mol. The standard InChI is InChI=1S/C11H12ClN3O/c12-11-3-1-2-9(14-11)7-15-4-5-16-10(6-13)8-15/h1-3,10H,4-5,7-8H2. The van der Waals surface area contributed by atoms with Crippen molar-refractivity contribution in [1.82, 2.24) is 9.88 Å². The quantitative estimate of drug-likeness (QED) is 0.731. The first-order valence-electron chi connectivity index (χ1n) is 5.13. The minimum absolute atomic E-state index is 0.326. The molecule has 5 heteroatoms. The first-order chi connectivity index (χ1) is 7.78. The van der Waals surface area contributed by atoms with E-state index in [1.807, 2.05) is 12.1 Å². The van der Waals surface area contributed by atoms with Crippen molar-refractivity contribution in [2.45, 2.75) is 12.6 Å². The summed E-state index contributed by atoms with van der Waals surface area (Å²) in [5.41, 5.74) is 0.922. The van der Waals surface area contributed by atoms with Gasteiger partial charge in [0.25, 0.3) is 0 Å². The van der Waals surface area contributed by atoms with Gasteiger partial charge in [-0.05, 0) is 12.1 Å². The van der Waals surface area contributed by atoms with Gasteiger partial charge in [0.2, 0.25) is 0 Å². The van der Waals surface area contributed by atoms with Gasteiger partial charge >= 0.3 is 0 Å². The number of nitrogens with zero attached hydrogens (tertiary/aromatic N) is 3. The highest BCUT2D eigenvalue weighted by atomic mass is 35.5. The summed E-state index contributed by atoms with van der Waals surface area (Å²) in [6.45, 7) is 2.76. The highest BCUT2D eigenvalue weighted by molar-refractivity contribution is 6.29. The van der Waals surface area contributed by atoms with E-state index in [4.69, 9.17) is 21.6 Å². The van der Waals surface area contributed by atoms with Crippen LogP contribution < -0.4 is 0 Å². The van der Waals surface area contributed by atoms with Gasteiger partial charge in [0.15, 0.2) is 6.10 Å². The van der Waals surface area contributed by atoms with E-state index in [2.05, 4.69) is 16.0 Å². The van der Waals surface area contributed by atoms with Gasteiger partial charge in [-0.1, -0.05) is 17.7 Å². The SMILES string of the molecule is N#CC1CN(Cc2cccc(Cl)n2)CCO1. The van der Waals surface area contributed by atoms with Gasteiger partial charge in [-0.3, -0.25) is 4.90 Å². The lowest BCUT2D eigenvalue weighted by Gasteiger charge is -2.29. The van der Waals surface area contributed by atoms with Crippen molar-refractivity contribution in [3.8, 4) is 6.07 Å². The van der Waals surface area contributed by atoms with Gasteiger partial charge < -0.3 is 4.74 Å². The van der Waals surface area contributed by atoms with Gasteiger partial charge in [0.1, 0.15) is 5.15 Å². The van der Waals surface area contributed by atoms with Crippen molar-refractivity contribution in [3.05, 3.63) is 29.0 Å². The van der Waals surface area contributed by atoms with Crippen LogP contribution in [0.1, 0.15) is 5.69 Å². The van der Waals surface area contributed by atoms with E-state index in [1.165, 1.54) is 0 Å². The van der Waals surface area contributed by atoms with E-state index < -0.39 is 0 Å². The number of ether oxygens (including phenoxy) is 1. The van der Waals surface area contributed by atoms with Crippen molar-refractivity contribution >= 4 is 11.6 Å². The molecule has 0 amide bonds. The molecule has 0 saturated carbocycles. The lowest BCUT2D eigenvalue weighted by atomic mass is 10.2. The maximum atomic E-state index is 8.78. The van der Waals surface area contributed by atoms with Crippen LogP contribution in [0, 0.1) is 11.3 Å². The van der Waals surface area contributed by atoms with Crippen LogP contribution >= 0.6 is 11.6 Å². The number of rotatable bonds is 2. The summed E-state index contributed by atoms with van der Waals surface area (Å²) in [5, 5.41) is 9.28. The summed E-state index contributed by atoms with van der Waals surface area (Å²) < 4.78 is 5.27. The Kier molecular flexibility index (Phi) is 3.73. The Labute approximate surface area is 99.4 Å². The number of pyridine rings is 1. The third-order valence-corrected chi connectivity index (χ3v) is 2.66. The fraction of sp³-hybridized carbons (Fsp3) is 0.455. The first-order valence-corrected chi connectivity index (χ1v) is 5.51. The van der Waals surface area contributed by atoms with Gasteiger partial charge in [-0.15, -0.1) is 0 Å². The Morgan fingerprint density at radius 1 is 1.62 bits per heavy atom. The molecule has 84 valence electrons. The Morgan fingerprint density at radius 2 is 2.50 bits per heavy atom. The van der Waals surface area contributed by atoms with Crippen LogP contribution in [-0.4, -0.2) is 35.7 Å². The van der Waals surface area contributed by atoms with Crippen molar-refractivity contribution in [2.24, 2.45) is 0 Å². The molecule has 1 fully saturated rings. The average molecular weight is 238 g/mol. The molecule has 0 aromatic carbocycles. The molecule has 1 aromatic heterocycles. The number of aromatic nitrogens is 1. The fourth-order valence-electron chi connectivity index (χ4n) is 1.69. The highest BCUT2D eigenvalue weighted by Gasteiger charge is 2.20. The Bertz CT molecular complexity index is 404. The molecule has 1 aromatic rings. The molecule has 0 radical (unpaired) electrons. The molecule has 4 nitrogen and oxygen atoms in total. The maximum Gasteiger partial charge on any atom is 0.156 e. The number of nitriles is 1. The minimum Gasteiger partial charge on any atom is -0.361 e. The van der Waals surface area contributed by atoms with Gasteiger partial charge in [0, 0.05) is 19.6 Å². The molecule has 1 aliphatic rings. The van der Waals surface area contributed by atoms with E-state index in [1.54, 1.807) is 6.07 Å². The van der Waals surface area contributed by atoms with E-state index in [0.717, 1.165) is 12.2 Å². The van der Waals surface area contributed by atoms with Crippen LogP contribution in [0.5, 0.6) is 0 Å². The highest BCUT2D eigenvalue weighted by Crippen LogP contribution is 2.11. The second-order valence-corrected chi connectivity index (χ2v) is 4.06. The van der Waals surface area contributed by atoms with Crippen molar-refractivity contribution in [1.29, 1.82) is 5.26 Å². The molecule has 16 heavy (non-hydrogen) atoms. The largest absolute Gasteiger partial charge is 0.361 e. The predicted octanol–water partition coefficient (Wildman–Crippen LogP) is 1.46. The zero-order chi connectivity index (χ0) is 11.4. The summed E-state index contributed by atoms with van der Waals surface area (Å²) >= 11 is 5.81. The summed E-state index contributed by atoms with van der Waals surface area (Å²) in [6.07, 6.45) is -0.326. The van der Waals surface area contributed by atoms with E-state index >= 15 is 0 Å². The lowest BCUT2D eigenvalue weighted by molar-refractivity contribution is -0.00311. The molecule has 0 aliphatic carbocycles. The average Bonchev–Trinajstić information content (AvgIpc) is 2.29. The van der Waals surface area contributed by atoms with Gasteiger partial charge in [-0.25, -0.2) is 4.98 Å². The Morgan fingerprint density at radius 3 is 3.25 bits per heavy atom. The molecule has 1 atom stereocenters. The first kappa shape index (κ1) is 11.3. The molecular weight excluding hydrogens is 226 g/mol. The van der Waals surface area contributed by atoms with Crippen molar-refractivity contribution < 1.29 is 4.74 Å². The normalized spacial score (nSPS) is 21.6. The second-order valence-electron chi connectivity index (χ2n) is 3.68. The van der Waals surface area contributed by atoms with Crippen LogP contribution in [0.2, 0.25) is 5.15 Å². The molecular formula is C11H12ClN3O. The summed E-state index contributed by atoms with van der Waals surface area (Å²) in [6, 6.07) is 7.69. The molecule has 1 unspecified atom stereocenters. The summed E-state index contributed by atoms with van der Waals surface area (Å²) in [4.78, 5) is 6.37. The van der Waals surface area contributed by atoms with Crippen LogP contribution in [0.15, 0.2) is 18.2 Å². The third kappa shape index (κ3) is 2.92. The van der Waals surface area contributed by atoms with Crippen molar-refractivity contribution in [3.63, 3.8) is 0 Å². The van der Waals surface area contributed by atoms with E-state index in [9.17, 15) is 0 Å². The van der Waals surface area contributed by atoms with Crippen LogP contribution in [-0.2, 0) is 11.3 Å². The summed E-state index contributed by atoms with van der Waals surface area (Å²) in [7, 11) is 0. The van der Waals surface area contributed by atoms with Gasteiger partial charge in [0.05, 0.1) is 18.4 Å². The fourth-order valence-corrected chi connectivity index (χ4v) is 1.87. The van der Waals surface area contributed by atoms with E-state index in [-0.39, 0.29) is 6.10 Å². The lowest BCUT2D eigenvalue weighted by Crippen LogP contribution is -2.41. The smallest absolute Gasteiger partial charge is 0.156 e. The third-order valence-electron chi connectivity index (χ3n) is 2.45. The van der Waals surface area contributed by atoms with Gasteiger partial charge in [-0.2, -0.15) is 5.26 Å². The minimum atomic E-state index is -0.326. The number of hydrogen-bond acceptors (Lipinski definition) is 4. The van der Waals surface area contributed by atoms with Crippen LogP contribution in [0.3, 0.4) is 0 Å². The maximum absolute atomic E-state index is 8.78. The molecule has 1 saturated heterocycles. The van der Waals surface area contributed by atoms with Crippen molar-refractivity contribution in [2.75, 3.05) is 19.7 Å². The Balaban J connectivity index is 1.97. The molecule has 0 spiro atoms.